The van der Waals surface area contributed by atoms with E-state index in [1.54, 1.807) is 22.6 Å². The highest BCUT2D eigenvalue weighted by Gasteiger charge is 2.30. The minimum absolute atomic E-state index is 0.0847. The quantitative estimate of drug-likeness (QED) is 0.673. The number of carbonyl (C=O) groups excluding carboxylic acids is 2. The Bertz CT molecular complexity index is 804. The Labute approximate surface area is 151 Å². The molecule has 1 aliphatic rings. The molecule has 0 bridgehead atoms. The molecule has 2 heterocycles. The minimum atomic E-state index is -0.163. The molecular formula is C18H21N3O3S. The zero-order chi connectivity index (χ0) is 17.8. The number of nitrogens with zero attached hydrogens (tertiary/aromatic N) is 2. The molecule has 2 aromatic rings. The van der Waals surface area contributed by atoms with Crippen LogP contribution in [-0.2, 0) is 9.53 Å². The number of H-pyrrole nitrogens is 1. The predicted octanol–water partition coefficient (Wildman–Crippen LogP) is 2.95. The second-order valence-electron chi connectivity index (χ2n) is 5.97. The summed E-state index contributed by atoms with van der Waals surface area (Å²) in [5.41, 5.74) is 1.35. The molecule has 7 heteroatoms. The standard InChI is InChI=1S/C18H21N3O3S/c1-2-24-17(23)13-8-10-20(11-9-13)16(22)15-12-19-18(25)21(15)14-6-4-3-5-7-14/h3-7,12-13H,2,8-11H2,1H3,(H,19,25). The molecule has 0 radical (unpaired) electrons. The summed E-state index contributed by atoms with van der Waals surface area (Å²) < 4.78 is 7.30. The molecule has 6 nitrogen and oxygen atoms in total. The van der Waals surface area contributed by atoms with Crippen LogP contribution in [0.5, 0.6) is 0 Å². The van der Waals surface area contributed by atoms with Crippen LogP contribution in [0.3, 0.4) is 0 Å². The molecule has 1 fully saturated rings. The Kier molecular flexibility index (Phi) is 5.33. The van der Waals surface area contributed by atoms with Crippen LogP contribution in [0, 0.1) is 10.7 Å². The van der Waals surface area contributed by atoms with Crippen LogP contribution < -0.4 is 0 Å². The van der Waals surface area contributed by atoms with E-state index in [0.29, 0.717) is 43.0 Å². The lowest BCUT2D eigenvalue weighted by Crippen LogP contribution is -2.41. The van der Waals surface area contributed by atoms with Crippen molar-refractivity contribution >= 4 is 24.1 Å². The summed E-state index contributed by atoms with van der Waals surface area (Å²) in [5.74, 6) is -0.368. The van der Waals surface area contributed by atoms with Gasteiger partial charge in [0.25, 0.3) is 5.91 Å². The van der Waals surface area contributed by atoms with Crippen molar-refractivity contribution < 1.29 is 14.3 Å². The van der Waals surface area contributed by atoms with Crippen LogP contribution in [0.25, 0.3) is 5.69 Å². The number of ether oxygens (including phenoxy) is 1. The van der Waals surface area contributed by atoms with Crippen molar-refractivity contribution in [2.75, 3.05) is 19.7 Å². The topological polar surface area (TPSA) is 67.3 Å². The number of para-hydroxylation sites is 1. The van der Waals surface area contributed by atoms with E-state index >= 15 is 0 Å². The number of nitrogens with one attached hydrogen (secondary N) is 1. The third kappa shape index (κ3) is 3.66. The van der Waals surface area contributed by atoms with E-state index in [0.717, 1.165) is 5.69 Å². The zero-order valence-electron chi connectivity index (χ0n) is 14.1. The van der Waals surface area contributed by atoms with Gasteiger partial charge >= 0.3 is 5.97 Å². The Balaban J connectivity index is 1.75. The highest BCUT2D eigenvalue weighted by molar-refractivity contribution is 7.71. The van der Waals surface area contributed by atoms with E-state index in [1.165, 1.54) is 0 Å². The first-order valence-electron chi connectivity index (χ1n) is 8.43. The van der Waals surface area contributed by atoms with Crippen molar-refractivity contribution in [3.8, 4) is 5.69 Å². The molecule has 3 rings (SSSR count). The molecule has 0 aliphatic carbocycles. The molecular weight excluding hydrogens is 338 g/mol. The summed E-state index contributed by atoms with van der Waals surface area (Å²) in [6, 6.07) is 9.55. The molecule has 25 heavy (non-hydrogen) atoms. The van der Waals surface area contributed by atoms with E-state index < -0.39 is 0 Å². The van der Waals surface area contributed by atoms with Gasteiger partial charge in [-0.25, -0.2) is 0 Å². The molecule has 1 aromatic heterocycles. The van der Waals surface area contributed by atoms with Crippen molar-refractivity contribution in [2.45, 2.75) is 19.8 Å². The second kappa shape index (κ2) is 7.65. The Morgan fingerprint density at radius 3 is 2.56 bits per heavy atom. The van der Waals surface area contributed by atoms with Gasteiger partial charge in [0.05, 0.1) is 12.5 Å². The van der Waals surface area contributed by atoms with Crippen molar-refractivity contribution in [3.05, 3.63) is 47.0 Å². The number of rotatable bonds is 4. The van der Waals surface area contributed by atoms with Gasteiger partial charge in [-0.15, -0.1) is 0 Å². The van der Waals surface area contributed by atoms with E-state index in [4.69, 9.17) is 17.0 Å². The van der Waals surface area contributed by atoms with Gasteiger partial charge in [-0.3, -0.25) is 14.2 Å². The normalized spacial score (nSPS) is 15.2. The van der Waals surface area contributed by atoms with Crippen molar-refractivity contribution in [2.24, 2.45) is 5.92 Å². The van der Waals surface area contributed by atoms with Gasteiger partial charge in [0.1, 0.15) is 5.69 Å². The van der Waals surface area contributed by atoms with Crippen molar-refractivity contribution in [1.82, 2.24) is 14.5 Å². The number of hydrogen-bond acceptors (Lipinski definition) is 4. The maximum atomic E-state index is 12.9. The van der Waals surface area contributed by atoms with E-state index in [9.17, 15) is 9.59 Å². The average molecular weight is 359 g/mol. The van der Waals surface area contributed by atoms with Crippen LogP contribution in [0.4, 0.5) is 0 Å². The van der Waals surface area contributed by atoms with Crippen LogP contribution in [-0.4, -0.2) is 46.0 Å². The Morgan fingerprint density at radius 1 is 1.24 bits per heavy atom. The Morgan fingerprint density at radius 2 is 1.92 bits per heavy atom. The van der Waals surface area contributed by atoms with Gasteiger partial charge in [-0.05, 0) is 44.1 Å². The summed E-state index contributed by atoms with van der Waals surface area (Å²) in [5, 5.41) is 0. The van der Waals surface area contributed by atoms with Crippen molar-refractivity contribution in [3.63, 3.8) is 0 Å². The fraction of sp³-hybridized carbons (Fsp3) is 0.389. The number of amides is 1. The summed E-state index contributed by atoms with van der Waals surface area (Å²) >= 11 is 5.33. The first kappa shape index (κ1) is 17.4. The van der Waals surface area contributed by atoms with Crippen LogP contribution in [0.2, 0.25) is 0 Å². The fourth-order valence-electron chi connectivity index (χ4n) is 3.10. The average Bonchev–Trinajstić information content (AvgIpc) is 3.03. The van der Waals surface area contributed by atoms with Gasteiger partial charge in [0, 0.05) is 25.0 Å². The molecule has 1 N–H and O–H groups in total. The number of imidazole rings is 1. The SMILES string of the molecule is CCOC(=O)C1CCN(C(=O)c2c[nH]c(=S)n2-c2ccccc2)CC1. The third-order valence-corrected chi connectivity index (χ3v) is 4.71. The summed E-state index contributed by atoms with van der Waals surface area (Å²) in [7, 11) is 0. The maximum absolute atomic E-state index is 12.9. The molecule has 1 aliphatic heterocycles. The molecule has 132 valence electrons. The van der Waals surface area contributed by atoms with Gasteiger partial charge in [-0.2, -0.15) is 0 Å². The van der Waals surface area contributed by atoms with Crippen LogP contribution >= 0.6 is 12.2 Å². The monoisotopic (exact) mass is 359 g/mol. The first-order valence-corrected chi connectivity index (χ1v) is 8.84. The van der Waals surface area contributed by atoms with Crippen LogP contribution in [0.15, 0.2) is 36.5 Å². The largest absolute Gasteiger partial charge is 0.466 e. The number of likely N-dealkylation sites (tertiary alicyclic amines) is 1. The maximum Gasteiger partial charge on any atom is 0.309 e. The van der Waals surface area contributed by atoms with Crippen molar-refractivity contribution in [1.29, 1.82) is 0 Å². The number of benzene rings is 1. The lowest BCUT2D eigenvalue weighted by atomic mass is 9.97. The number of aromatic amines is 1. The lowest BCUT2D eigenvalue weighted by molar-refractivity contribution is -0.149. The molecule has 0 saturated carbocycles. The molecule has 1 amide bonds. The Hall–Kier alpha value is -2.41. The summed E-state index contributed by atoms with van der Waals surface area (Å²) in [6.45, 7) is 3.27. The van der Waals surface area contributed by atoms with Gasteiger partial charge in [-0.1, -0.05) is 18.2 Å². The molecule has 0 unspecified atom stereocenters. The van der Waals surface area contributed by atoms with E-state index in [1.807, 2.05) is 30.3 Å². The van der Waals surface area contributed by atoms with E-state index in [-0.39, 0.29) is 17.8 Å². The van der Waals surface area contributed by atoms with Gasteiger partial charge in [0.15, 0.2) is 4.77 Å². The number of aromatic nitrogens is 2. The smallest absolute Gasteiger partial charge is 0.309 e. The lowest BCUT2D eigenvalue weighted by Gasteiger charge is -2.31. The molecule has 0 spiro atoms. The first-order chi connectivity index (χ1) is 12.1. The molecule has 1 aromatic carbocycles. The number of hydrogen-bond donors (Lipinski definition) is 1. The minimum Gasteiger partial charge on any atom is -0.466 e. The number of piperidine rings is 1. The number of carbonyl (C=O) groups is 2. The van der Waals surface area contributed by atoms with Gasteiger partial charge < -0.3 is 14.6 Å². The molecule has 0 atom stereocenters. The van der Waals surface area contributed by atoms with Gasteiger partial charge in [0.2, 0.25) is 0 Å². The highest BCUT2D eigenvalue weighted by atomic mass is 32.1. The fourth-order valence-corrected chi connectivity index (χ4v) is 3.36. The van der Waals surface area contributed by atoms with Crippen LogP contribution in [0.1, 0.15) is 30.3 Å². The third-order valence-electron chi connectivity index (χ3n) is 4.41. The molecule has 1 saturated heterocycles. The zero-order valence-corrected chi connectivity index (χ0v) is 14.9. The summed E-state index contributed by atoms with van der Waals surface area (Å²) in [4.78, 5) is 29.5. The second-order valence-corrected chi connectivity index (χ2v) is 6.36. The van der Waals surface area contributed by atoms with E-state index in [2.05, 4.69) is 4.98 Å². The number of esters is 1. The highest BCUT2D eigenvalue weighted by Crippen LogP contribution is 2.21. The predicted molar refractivity (Wildman–Crippen MR) is 96.2 cm³/mol. The summed E-state index contributed by atoms with van der Waals surface area (Å²) in [6.07, 6.45) is 2.90.